The van der Waals surface area contributed by atoms with Crippen molar-refractivity contribution >= 4 is 53.3 Å². The number of rotatable bonds is 3. The second kappa shape index (κ2) is 9.78. The average molecular weight is 618 g/mol. The van der Waals surface area contributed by atoms with Gasteiger partial charge in [-0.3, -0.25) is 0 Å². The summed E-state index contributed by atoms with van der Waals surface area (Å²) in [5.41, 5.74) is 14.1. The minimum atomic E-state index is -0.124. The van der Waals surface area contributed by atoms with Crippen LogP contribution in [0.15, 0.2) is 152 Å². The van der Waals surface area contributed by atoms with Crippen molar-refractivity contribution in [3.05, 3.63) is 163 Å². The van der Waals surface area contributed by atoms with Crippen molar-refractivity contribution < 1.29 is 0 Å². The summed E-state index contributed by atoms with van der Waals surface area (Å²) >= 11 is 1.94. The summed E-state index contributed by atoms with van der Waals surface area (Å²) in [7, 11) is 0. The molecule has 7 aromatic carbocycles. The van der Waals surface area contributed by atoms with Crippen LogP contribution in [0.5, 0.6) is 0 Å². The smallest absolute Gasteiger partial charge is 0.0541 e. The van der Waals surface area contributed by atoms with Gasteiger partial charge in [-0.05, 0) is 87.0 Å². The van der Waals surface area contributed by atoms with Crippen molar-refractivity contribution in [2.75, 3.05) is 0 Å². The Balaban J connectivity index is 1.20. The van der Waals surface area contributed by atoms with E-state index in [9.17, 15) is 0 Å². The quantitative estimate of drug-likeness (QED) is 0.186. The van der Waals surface area contributed by atoms with Crippen LogP contribution in [0.3, 0.4) is 0 Å². The first kappa shape index (κ1) is 26.7. The number of thiophene rings is 1. The van der Waals surface area contributed by atoms with E-state index >= 15 is 0 Å². The Labute approximate surface area is 278 Å². The number of nitrogens with zero attached hydrogens (tertiary/aromatic N) is 1. The van der Waals surface area contributed by atoms with Gasteiger partial charge in [0.05, 0.1) is 11.0 Å². The first-order valence-electron chi connectivity index (χ1n) is 16.4. The molecule has 1 aliphatic rings. The molecule has 0 atom stereocenters. The van der Waals surface area contributed by atoms with Crippen LogP contribution in [-0.2, 0) is 5.41 Å². The van der Waals surface area contributed by atoms with E-state index in [2.05, 4.69) is 170 Å². The van der Waals surface area contributed by atoms with E-state index in [4.69, 9.17) is 0 Å². The standard InChI is InChI=1S/C45H31NS/c1-45(2)39-27-32(19-20-33(39)35-21-22-36-34-15-9-10-16-42(34)47-44(36)43(35)45)46-40-23-17-30(28-11-5-3-6-12-28)25-37(40)38-26-31(18-24-41(38)46)29-13-7-4-8-14-29/h3-27H,1-2H3. The van der Waals surface area contributed by atoms with Gasteiger partial charge in [0.25, 0.3) is 0 Å². The van der Waals surface area contributed by atoms with E-state index in [-0.39, 0.29) is 5.41 Å². The first-order valence-corrected chi connectivity index (χ1v) is 17.2. The third kappa shape index (κ3) is 3.83. The van der Waals surface area contributed by atoms with Gasteiger partial charge in [0, 0.05) is 42.0 Å². The average Bonchev–Trinajstić information content (AvgIpc) is 3.73. The van der Waals surface area contributed by atoms with E-state index in [1.165, 1.54) is 92.2 Å². The highest BCUT2D eigenvalue weighted by Crippen LogP contribution is 2.54. The number of fused-ring (bicyclic) bond motifs is 10. The molecule has 0 N–H and O–H groups in total. The van der Waals surface area contributed by atoms with Crippen LogP contribution in [0.25, 0.3) is 81.0 Å². The fourth-order valence-corrected chi connectivity index (χ4v) is 9.52. The van der Waals surface area contributed by atoms with Crippen LogP contribution in [0.2, 0.25) is 0 Å². The van der Waals surface area contributed by atoms with Crippen molar-refractivity contribution in [2.45, 2.75) is 19.3 Å². The molecule has 0 saturated carbocycles. The minimum Gasteiger partial charge on any atom is -0.309 e. The highest BCUT2D eigenvalue weighted by atomic mass is 32.1. The van der Waals surface area contributed by atoms with Crippen LogP contribution in [0.4, 0.5) is 0 Å². The molecule has 47 heavy (non-hydrogen) atoms. The summed E-state index contributed by atoms with van der Waals surface area (Å²) in [6.07, 6.45) is 0. The largest absolute Gasteiger partial charge is 0.309 e. The zero-order valence-electron chi connectivity index (χ0n) is 26.3. The molecular formula is C45H31NS. The first-order chi connectivity index (χ1) is 23.1. The molecule has 0 bridgehead atoms. The third-order valence-electron chi connectivity index (χ3n) is 10.4. The lowest BCUT2D eigenvalue weighted by Crippen LogP contribution is -2.15. The summed E-state index contributed by atoms with van der Waals surface area (Å²) in [6.45, 7) is 4.82. The van der Waals surface area contributed by atoms with Gasteiger partial charge in [-0.2, -0.15) is 0 Å². The lowest BCUT2D eigenvalue weighted by molar-refractivity contribution is 0.666. The number of hydrogen-bond donors (Lipinski definition) is 0. The van der Waals surface area contributed by atoms with Crippen molar-refractivity contribution in [1.29, 1.82) is 0 Å². The lowest BCUT2D eigenvalue weighted by atomic mass is 9.82. The summed E-state index contributed by atoms with van der Waals surface area (Å²) in [5.74, 6) is 0. The van der Waals surface area contributed by atoms with Gasteiger partial charge < -0.3 is 4.57 Å². The maximum atomic E-state index is 2.47. The van der Waals surface area contributed by atoms with E-state index in [1.54, 1.807) is 0 Å². The molecule has 1 nitrogen and oxygen atoms in total. The van der Waals surface area contributed by atoms with Crippen molar-refractivity contribution in [3.8, 4) is 39.1 Å². The summed E-state index contributed by atoms with van der Waals surface area (Å²) in [5, 5.41) is 5.28. The third-order valence-corrected chi connectivity index (χ3v) is 11.6. The zero-order chi connectivity index (χ0) is 31.3. The Bertz CT molecular complexity index is 2590. The molecule has 10 rings (SSSR count). The van der Waals surface area contributed by atoms with Crippen LogP contribution in [-0.4, -0.2) is 4.57 Å². The number of benzene rings is 7. The van der Waals surface area contributed by atoms with E-state index in [0.29, 0.717) is 0 Å². The summed E-state index contributed by atoms with van der Waals surface area (Å²) in [6, 6.07) is 56.1. The molecule has 2 heteroatoms. The van der Waals surface area contributed by atoms with E-state index in [1.807, 2.05) is 11.3 Å². The van der Waals surface area contributed by atoms with E-state index < -0.39 is 0 Å². The predicted molar refractivity (Wildman–Crippen MR) is 202 cm³/mol. The van der Waals surface area contributed by atoms with Gasteiger partial charge in [-0.15, -0.1) is 11.3 Å². The maximum Gasteiger partial charge on any atom is 0.0541 e. The van der Waals surface area contributed by atoms with Crippen LogP contribution in [0.1, 0.15) is 25.0 Å². The highest BCUT2D eigenvalue weighted by Gasteiger charge is 2.38. The molecule has 0 amide bonds. The molecule has 0 fully saturated rings. The van der Waals surface area contributed by atoms with Gasteiger partial charge in [0.2, 0.25) is 0 Å². The SMILES string of the molecule is CC1(C)c2cc(-n3c4ccc(-c5ccccc5)cc4c4cc(-c5ccccc5)ccc43)ccc2-c2ccc3c(sc4ccccc43)c21. The van der Waals surface area contributed by atoms with Crippen molar-refractivity contribution in [2.24, 2.45) is 0 Å². The minimum absolute atomic E-state index is 0.124. The Morgan fingerprint density at radius 3 is 1.72 bits per heavy atom. The molecule has 0 spiro atoms. The molecule has 0 unspecified atom stereocenters. The lowest BCUT2D eigenvalue weighted by Gasteiger charge is -2.23. The molecule has 222 valence electrons. The van der Waals surface area contributed by atoms with Gasteiger partial charge >= 0.3 is 0 Å². The van der Waals surface area contributed by atoms with Crippen LogP contribution < -0.4 is 0 Å². The number of hydrogen-bond acceptors (Lipinski definition) is 1. The Morgan fingerprint density at radius 1 is 0.468 bits per heavy atom. The summed E-state index contributed by atoms with van der Waals surface area (Å²) < 4.78 is 5.26. The second-order valence-corrected chi connectivity index (χ2v) is 14.4. The molecule has 1 aliphatic carbocycles. The second-order valence-electron chi connectivity index (χ2n) is 13.3. The Hall–Kier alpha value is -5.44. The molecule has 9 aromatic rings. The monoisotopic (exact) mass is 617 g/mol. The van der Waals surface area contributed by atoms with Crippen LogP contribution in [0, 0.1) is 0 Å². The molecular weight excluding hydrogens is 587 g/mol. The maximum absolute atomic E-state index is 2.47. The fraction of sp³-hybridized carbons (Fsp3) is 0.0667. The van der Waals surface area contributed by atoms with Crippen molar-refractivity contribution in [1.82, 2.24) is 4.57 Å². The van der Waals surface area contributed by atoms with Crippen LogP contribution >= 0.6 is 11.3 Å². The topological polar surface area (TPSA) is 4.93 Å². The predicted octanol–water partition coefficient (Wildman–Crippen LogP) is 12.8. The van der Waals surface area contributed by atoms with Gasteiger partial charge in [-0.25, -0.2) is 0 Å². The van der Waals surface area contributed by atoms with Crippen molar-refractivity contribution in [3.63, 3.8) is 0 Å². The zero-order valence-corrected chi connectivity index (χ0v) is 27.1. The Kier molecular flexibility index (Phi) is 5.57. The Morgan fingerprint density at radius 2 is 1.06 bits per heavy atom. The fourth-order valence-electron chi connectivity index (χ4n) is 8.11. The van der Waals surface area contributed by atoms with Gasteiger partial charge in [-0.1, -0.05) is 123 Å². The molecule has 2 heterocycles. The van der Waals surface area contributed by atoms with Gasteiger partial charge in [0.1, 0.15) is 0 Å². The molecule has 0 saturated heterocycles. The number of aromatic nitrogens is 1. The van der Waals surface area contributed by atoms with E-state index in [0.717, 1.165) is 0 Å². The molecule has 0 aliphatic heterocycles. The summed E-state index contributed by atoms with van der Waals surface area (Å²) in [4.78, 5) is 0. The highest BCUT2D eigenvalue weighted by molar-refractivity contribution is 7.26. The molecule has 0 radical (unpaired) electrons. The van der Waals surface area contributed by atoms with Gasteiger partial charge in [0.15, 0.2) is 0 Å². The molecule has 2 aromatic heterocycles. The normalized spacial score (nSPS) is 13.5.